The zero-order valence-corrected chi connectivity index (χ0v) is 15.0. The molecule has 1 aliphatic heterocycles. The molecule has 6 heteroatoms. The van der Waals surface area contributed by atoms with Crippen LogP contribution in [0.4, 0.5) is 0 Å². The molecule has 1 aliphatic rings. The average molecular weight is 360 g/mol. The van der Waals surface area contributed by atoms with Crippen molar-refractivity contribution in [3.05, 3.63) is 77.9 Å². The van der Waals surface area contributed by atoms with Gasteiger partial charge in [-0.25, -0.2) is 9.97 Å². The lowest BCUT2D eigenvalue weighted by atomic mass is 9.89. The summed E-state index contributed by atoms with van der Waals surface area (Å²) in [4.78, 5) is 27.1. The van der Waals surface area contributed by atoms with Gasteiger partial charge in [-0.2, -0.15) is 0 Å². The van der Waals surface area contributed by atoms with Crippen LogP contribution < -0.4 is 0 Å². The highest BCUT2D eigenvalue weighted by Gasteiger charge is 2.40. The normalized spacial score (nSPS) is 19.3. The second-order valence-electron chi connectivity index (χ2n) is 6.86. The number of benzene rings is 1. The van der Waals surface area contributed by atoms with Crippen LogP contribution in [0.1, 0.15) is 27.9 Å². The molecule has 0 spiro atoms. The standard InChI is InChI=1S/C21H20N4O2/c1-15-5-2-3-7-18(15)21(27)8-10-25(14-21)20(26)17-12-23-19(24-13-17)16-6-4-9-22-11-16/h2-7,9,11-13,27H,8,10,14H2,1H3/t21-/m0/s1. The minimum Gasteiger partial charge on any atom is -0.383 e. The topological polar surface area (TPSA) is 79.2 Å². The fraction of sp³-hybridized carbons (Fsp3) is 0.238. The van der Waals surface area contributed by atoms with Gasteiger partial charge in [0.1, 0.15) is 5.60 Å². The summed E-state index contributed by atoms with van der Waals surface area (Å²) in [5.74, 6) is 0.356. The van der Waals surface area contributed by atoms with E-state index >= 15 is 0 Å². The number of nitrogens with zero attached hydrogens (tertiary/aromatic N) is 4. The predicted octanol–water partition coefficient (Wildman–Crippen LogP) is 2.58. The molecule has 27 heavy (non-hydrogen) atoms. The highest BCUT2D eigenvalue weighted by molar-refractivity contribution is 5.94. The fourth-order valence-electron chi connectivity index (χ4n) is 3.55. The molecular formula is C21H20N4O2. The summed E-state index contributed by atoms with van der Waals surface area (Å²) in [6.45, 7) is 2.73. The summed E-state index contributed by atoms with van der Waals surface area (Å²) < 4.78 is 0. The monoisotopic (exact) mass is 360 g/mol. The highest BCUT2D eigenvalue weighted by atomic mass is 16.3. The van der Waals surface area contributed by atoms with E-state index in [9.17, 15) is 9.90 Å². The van der Waals surface area contributed by atoms with E-state index in [2.05, 4.69) is 15.0 Å². The van der Waals surface area contributed by atoms with Crippen LogP contribution in [0.2, 0.25) is 0 Å². The lowest BCUT2D eigenvalue weighted by Crippen LogP contribution is -2.35. The number of likely N-dealkylation sites (tertiary alicyclic amines) is 1. The zero-order chi connectivity index (χ0) is 18.9. The number of carbonyl (C=O) groups excluding carboxylic acids is 1. The van der Waals surface area contributed by atoms with E-state index in [-0.39, 0.29) is 12.5 Å². The minimum atomic E-state index is -1.02. The molecule has 3 aromatic rings. The predicted molar refractivity (Wildman–Crippen MR) is 101 cm³/mol. The Bertz CT molecular complexity index is 959. The Labute approximate surface area is 157 Å². The maximum atomic E-state index is 12.8. The fourth-order valence-corrected chi connectivity index (χ4v) is 3.55. The molecule has 6 nitrogen and oxygen atoms in total. The van der Waals surface area contributed by atoms with Gasteiger partial charge >= 0.3 is 0 Å². The molecule has 2 aromatic heterocycles. The van der Waals surface area contributed by atoms with E-state index < -0.39 is 5.60 Å². The van der Waals surface area contributed by atoms with E-state index in [4.69, 9.17) is 0 Å². The van der Waals surface area contributed by atoms with E-state index in [0.29, 0.717) is 24.4 Å². The van der Waals surface area contributed by atoms with Crippen LogP contribution in [0.3, 0.4) is 0 Å². The number of β-amino-alcohol motifs (C(OH)–C–C–N with tert-alkyl or cyclic N) is 1. The summed E-state index contributed by atoms with van der Waals surface area (Å²) in [5, 5.41) is 11.1. The van der Waals surface area contributed by atoms with Gasteiger partial charge in [-0.15, -0.1) is 0 Å². The van der Waals surface area contributed by atoms with E-state index in [1.54, 1.807) is 17.3 Å². The number of carbonyl (C=O) groups is 1. The van der Waals surface area contributed by atoms with Crippen molar-refractivity contribution < 1.29 is 9.90 Å². The quantitative estimate of drug-likeness (QED) is 0.777. The van der Waals surface area contributed by atoms with Gasteiger partial charge in [0.05, 0.1) is 12.1 Å². The third-order valence-corrected chi connectivity index (χ3v) is 5.00. The third kappa shape index (κ3) is 3.31. The Morgan fingerprint density at radius 3 is 2.59 bits per heavy atom. The van der Waals surface area contributed by atoms with Crippen LogP contribution in [0.25, 0.3) is 11.4 Å². The second kappa shape index (κ2) is 6.89. The van der Waals surface area contributed by atoms with Gasteiger partial charge in [0.25, 0.3) is 5.91 Å². The molecule has 1 fully saturated rings. The Morgan fingerprint density at radius 2 is 1.89 bits per heavy atom. The summed E-state index contributed by atoms with van der Waals surface area (Å²) in [6, 6.07) is 11.4. The van der Waals surface area contributed by atoms with E-state index in [1.165, 1.54) is 12.4 Å². The summed E-state index contributed by atoms with van der Waals surface area (Å²) in [6.07, 6.45) is 6.94. The minimum absolute atomic E-state index is 0.169. The zero-order valence-electron chi connectivity index (χ0n) is 15.0. The molecular weight excluding hydrogens is 340 g/mol. The number of hydrogen-bond acceptors (Lipinski definition) is 5. The largest absolute Gasteiger partial charge is 0.383 e. The summed E-state index contributed by atoms with van der Waals surface area (Å²) in [5.41, 5.74) is 2.10. The molecule has 4 rings (SSSR count). The highest BCUT2D eigenvalue weighted by Crippen LogP contribution is 2.34. The van der Waals surface area contributed by atoms with Crippen molar-refractivity contribution in [3.8, 4) is 11.4 Å². The molecule has 3 heterocycles. The number of hydrogen-bond donors (Lipinski definition) is 1. The second-order valence-corrected chi connectivity index (χ2v) is 6.86. The first-order chi connectivity index (χ1) is 13.1. The molecule has 0 radical (unpaired) electrons. The average Bonchev–Trinajstić information content (AvgIpc) is 3.12. The molecule has 1 amide bonds. The molecule has 0 bridgehead atoms. The van der Waals surface area contributed by atoms with Crippen molar-refractivity contribution in [2.45, 2.75) is 18.9 Å². The number of aryl methyl sites for hydroxylation is 1. The smallest absolute Gasteiger partial charge is 0.257 e. The number of pyridine rings is 1. The Morgan fingerprint density at radius 1 is 1.11 bits per heavy atom. The first kappa shape index (κ1) is 17.3. The first-order valence-electron chi connectivity index (χ1n) is 8.87. The molecule has 136 valence electrons. The SMILES string of the molecule is Cc1ccccc1[C@]1(O)CCN(C(=O)c2cnc(-c3cccnc3)nc2)C1. The summed E-state index contributed by atoms with van der Waals surface area (Å²) >= 11 is 0. The van der Waals surface area contributed by atoms with Gasteiger partial charge < -0.3 is 10.0 Å². The molecule has 0 aliphatic carbocycles. The Hall–Kier alpha value is -3.12. The van der Waals surface area contributed by atoms with Crippen molar-refractivity contribution >= 4 is 5.91 Å². The maximum absolute atomic E-state index is 12.8. The van der Waals surface area contributed by atoms with Crippen molar-refractivity contribution in [1.29, 1.82) is 0 Å². The van der Waals surface area contributed by atoms with Gasteiger partial charge in [0, 0.05) is 36.9 Å². The number of amides is 1. The first-order valence-corrected chi connectivity index (χ1v) is 8.87. The molecule has 1 atom stereocenters. The van der Waals surface area contributed by atoms with Crippen molar-refractivity contribution in [1.82, 2.24) is 19.9 Å². The van der Waals surface area contributed by atoms with Gasteiger partial charge in [0.2, 0.25) is 0 Å². The summed E-state index contributed by atoms with van der Waals surface area (Å²) in [7, 11) is 0. The van der Waals surface area contributed by atoms with Crippen molar-refractivity contribution in [3.63, 3.8) is 0 Å². The van der Waals surface area contributed by atoms with Crippen LogP contribution in [0.5, 0.6) is 0 Å². The third-order valence-electron chi connectivity index (χ3n) is 5.00. The number of aromatic nitrogens is 3. The van der Waals surface area contributed by atoms with Crippen LogP contribution in [-0.4, -0.2) is 44.0 Å². The van der Waals surface area contributed by atoms with E-state index in [1.807, 2.05) is 43.3 Å². The van der Waals surface area contributed by atoms with Gasteiger partial charge in [0.15, 0.2) is 5.82 Å². The van der Waals surface area contributed by atoms with Crippen molar-refractivity contribution in [2.24, 2.45) is 0 Å². The maximum Gasteiger partial charge on any atom is 0.257 e. The van der Waals surface area contributed by atoms with Crippen LogP contribution in [0.15, 0.2) is 61.2 Å². The lowest BCUT2D eigenvalue weighted by Gasteiger charge is -2.25. The number of rotatable bonds is 3. The van der Waals surface area contributed by atoms with Crippen molar-refractivity contribution in [2.75, 3.05) is 13.1 Å². The Balaban J connectivity index is 1.52. The number of aliphatic hydroxyl groups is 1. The molecule has 1 saturated heterocycles. The van der Waals surface area contributed by atoms with Gasteiger partial charge in [-0.3, -0.25) is 9.78 Å². The van der Waals surface area contributed by atoms with Crippen LogP contribution >= 0.6 is 0 Å². The molecule has 0 saturated carbocycles. The molecule has 1 aromatic carbocycles. The van der Waals surface area contributed by atoms with Gasteiger partial charge in [-0.1, -0.05) is 24.3 Å². The molecule has 1 N–H and O–H groups in total. The van der Waals surface area contributed by atoms with Crippen LogP contribution in [0, 0.1) is 6.92 Å². The van der Waals surface area contributed by atoms with Crippen LogP contribution in [-0.2, 0) is 5.60 Å². The lowest BCUT2D eigenvalue weighted by molar-refractivity contribution is 0.0412. The molecule has 0 unspecified atom stereocenters. The van der Waals surface area contributed by atoms with Gasteiger partial charge in [-0.05, 0) is 36.6 Å². The Kier molecular flexibility index (Phi) is 4.41. The van der Waals surface area contributed by atoms with E-state index in [0.717, 1.165) is 16.7 Å².